The lowest BCUT2D eigenvalue weighted by Crippen LogP contribution is -2.05. The summed E-state index contributed by atoms with van der Waals surface area (Å²) in [5.41, 5.74) is 8.85. The highest BCUT2D eigenvalue weighted by Crippen LogP contribution is 2.26. The zero-order valence-corrected chi connectivity index (χ0v) is 12.5. The number of nitrogens with zero attached hydrogens (tertiary/aromatic N) is 4. The summed E-state index contributed by atoms with van der Waals surface area (Å²) in [7, 11) is 0. The summed E-state index contributed by atoms with van der Waals surface area (Å²) < 4.78 is 1.85. The second-order valence-corrected chi connectivity index (χ2v) is 5.65. The van der Waals surface area contributed by atoms with Gasteiger partial charge in [-0.15, -0.1) is 5.10 Å². The molecule has 2 rings (SSSR count). The summed E-state index contributed by atoms with van der Waals surface area (Å²) in [4.78, 5) is 0. The number of hydrogen-bond donors (Lipinski definition) is 1. The fourth-order valence-corrected chi connectivity index (χ4v) is 2.24. The first-order chi connectivity index (χ1) is 9.59. The molecule has 2 N–H and O–H groups in total. The predicted octanol–water partition coefficient (Wildman–Crippen LogP) is 3.06. The summed E-state index contributed by atoms with van der Waals surface area (Å²) in [6, 6.07) is 5.95. The van der Waals surface area contributed by atoms with Crippen LogP contribution < -0.4 is 5.73 Å². The quantitative estimate of drug-likeness (QED) is 0.648. The highest BCUT2D eigenvalue weighted by molar-refractivity contribution is 5.73. The van der Waals surface area contributed by atoms with Crippen molar-refractivity contribution in [2.45, 2.75) is 46.6 Å². The Kier molecular flexibility index (Phi) is 4.71. The first-order valence-electron chi connectivity index (χ1n) is 7.21. The summed E-state index contributed by atoms with van der Waals surface area (Å²) in [6.07, 6.45) is 3.52. The number of tetrazole rings is 1. The lowest BCUT2D eigenvalue weighted by Gasteiger charge is -2.09. The van der Waals surface area contributed by atoms with Crippen molar-refractivity contribution in [2.75, 3.05) is 5.73 Å². The number of rotatable bonds is 6. The maximum absolute atomic E-state index is 6.13. The van der Waals surface area contributed by atoms with E-state index in [4.69, 9.17) is 5.73 Å². The van der Waals surface area contributed by atoms with Crippen LogP contribution in [0.3, 0.4) is 0 Å². The van der Waals surface area contributed by atoms with Gasteiger partial charge in [-0.05, 0) is 41.3 Å². The lowest BCUT2D eigenvalue weighted by atomic mass is 10.1. The van der Waals surface area contributed by atoms with Crippen LogP contribution in [0.25, 0.3) is 11.4 Å². The number of nitrogen functional groups attached to an aromatic ring is 1. The fraction of sp³-hybridized carbons (Fsp3) is 0.533. The Hall–Kier alpha value is -1.91. The molecule has 0 aliphatic rings. The monoisotopic (exact) mass is 273 g/mol. The van der Waals surface area contributed by atoms with Gasteiger partial charge < -0.3 is 5.73 Å². The second kappa shape index (κ2) is 6.50. The third kappa shape index (κ3) is 3.35. The van der Waals surface area contributed by atoms with Crippen molar-refractivity contribution in [1.29, 1.82) is 0 Å². The van der Waals surface area contributed by atoms with Gasteiger partial charge in [0.05, 0.1) is 0 Å². The van der Waals surface area contributed by atoms with Crippen LogP contribution in [0, 0.1) is 12.8 Å². The number of unbranched alkanes of at least 4 members (excludes halogenated alkanes) is 1. The van der Waals surface area contributed by atoms with Crippen LogP contribution >= 0.6 is 0 Å². The molecule has 20 heavy (non-hydrogen) atoms. The molecule has 0 aliphatic carbocycles. The zero-order valence-electron chi connectivity index (χ0n) is 12.5. The Balaban J connectivity index is 2.10. The molecule has 1 aromatic heterocycles. The molecular weight excluding hydrogens is 250 g/mol. The van der Waals surface area contributed by atoms with Gasteiger partial charge in [-0.1, -0.05) is 38.8 Å². The van der Waals surface area contributed by atoms with Crippen molar-refractivity contribution < 1.29 is 0 Å². The SMILES string of the molecule is Cc1cccc(-c2nnnn2CCCCC(C)C)c1N. The fourth-order valence-electron chi connectivity index (χ4n) is 2.24. The van der Waals surface area contributed by atoms with Crippen LogP contribution in [0.1, 0.15) is 38.7 Å². The second-order valence-electron chi connectivity index (χ2n) is 5.65. The Morgan fingerprint density at radius 3 is 2.80 bits per heavy atom. The molecule has 0 fully saturated rings. The van der Waals surface area contributed by atoms with Crippen LogP contribution in [0.5, 0.6) is 0 Å². The Morgan fingerprint density at radius 1 is 1.25 bits per heavy atom. The van der Waals surface area contributed by atoms with E-state index in [1.165, 1.54) is 12.8 Å². The molecule has 1 aromatic carbocycles. The van der Waals surface area contributed by atoms with E-state index in [9.17, 15) is 0 Å². The first kappa shape index (κ1) is 14.5. The van der Waals surface area contributed by atoms with Gasteiger partial charge in [0, 0.05) is 17.8 Å². The van der Waals surface area contributed by atoms with Crippen molar-refractivity contribution in [2.24, 2.45) is 5.92 Å². The van der Waals surface area contributed by atoms with Gasteiger partial charge in [0.15, 0.2) is 5.82 Å². The van der Waals surface area contributed by atoms with Gasteiger partial charge in [0.1, 0.15) is 0 Å². The number of nitrogens with two attached hydrogens (primary N) is 1. The minimum absolute atomic E-state index is 0.746. The number of aryl methyl sites for hydroxylation is 2. The van der Waals surface area contributed by atoms with E-state index in [-0.39, 0.29) is 0 Å². The first-order valence-corrected chi connectivity index (χ1v) is 7.21. The van der Waals surface area contributed by atoms with Gasteiger partial charge in [-0.25, -0.2) is 4.68 Å². The van der Waals surface area contributed by atoms with E-state index < -0.39 is 0 Å². The van der Waals surface area contributed by atoms with E-state index in [0.717, 1.165) is 41.5 Å². The minimum Gasteiger partial charge on any atom is -0.398 e. The van der Waals surface area contributed by atoms with Gasteiger partial charge >= 0.3 is 0 Å². The Labute approximate surface area is 120 Å². The molecule has 2 aromatic rings. The van der Waals surface area contributed by atoms with E-state index in [0.29, 0.717) is 0 Å². The average Bonchev–Trinajstić information content (AvgIpc) is 2.86. The summed E-state index contributed by atoms with van der Waals surface area (Å²) in [5, 5.41) is 12.0. The molecule has 0 saturated carbocycles. The molecule has 0 atom stereocenters. The molecular formula is C15H23N5. The number of benzene rings is 1. The zero-order chi connectivity index (χ0) is 14.5. The van der Waals surface area contributed by atoms with Crippen molar-refractivity contribution >= 4 is 5.69 Å². The number of anilines is 1. The van der Waals surface area contributed by atoms with Gasteiger partial charge in [-0.2, -0.15) is 0 Å². The number of aromatic nitrogens is 4. The highest BCUT2D eigenvalue weighted by atomic mass is 15.5. The molecule has 0 bridgehead atoms. The maximum Gasteiger partial charge on any atom is 0.184 e. The van der Waals surface area contributed by atoms with E-state index in [2.05, 4.69) is 29.4 Å². The normalized spacial score (nSPS) is 11.2. The summed E-state index contributed by atoms with van der Waals surface area (Å²) in [5.74, 6) is 1.51. The van der Waals surface area contributed by atoms with Crippen molar-refractivity contribution in [1.82, 2.24) is 20.2 Å². The van der Waals surface area contributed by atoms with Crippen LogP contribution in [0.2, 0.25) is 0 Å². The molecule has 108 valence electrons. The molecule has 0 amide bonds. The van der Waals surface area contributed by atoms with Crippen LogP contribution in [0.15, 0.2) is 18.2 Å². The van der Waals surface area contributed by atoms with Crippen LogP contribution in [-0.2, 0) is 6.54 Å². The van der Waals surface area contributed by atoms with Crippen LogP contribution in [-0.4, -0.2) is 20.2 Å². The van der Waals surface area contributed by atoms with Gasteiger partial charge in [0.2, 0.25) is 0 Å². The molecule has 0 aliphatic heterocycles. The minimum atomic E-state index is 0.746. The maximum atomic E-state index is 6.13. The third-order valence-electron chi connectivity index (χ3n) is 3.50. The highest BCUT2D eigenvalue weighted by Gasteiger charge is 2.12. The van der Waals surface area contributed by atoms with Crippen molar-refractivity contribution in [3.63, 3.8) is 0 Å². The molecule has 5 nitrogen and oxygen atoms in total. The number of hydrogen-bond acceptors (Lipinski definition) is 4. The standard InChI is InChI=1S/C15H23N5/c1-11(2)7-4-5-10-20-15(17-18-19-20)13-9-6-8-12(3)14(13)16/h6,8-9,11H,4-5,7,10,16H2,1-3H3. The van der Waals surface area contributed by atoms with E-state index >= 15 is 0 Å². The van der Waals surface area contributed by atoms with E-state index in [1.807, 2.05) is 29.8 Å². The topological polar surface area (TPSA) is 69.6 Å². The summed E-state index contributed by atoms with van der Waals surface area (Å²) in [6.45, 7) is 7.32. The smallest absolute Gasteiger partial charge is 0.184 e. The molecule has 0 spiro atoms. The van der Waals surface area contributed by atoms with Gasteiger partial charge in [0.25, 0.3) is 0 Å². The molecule has 1 heterocycles. The summed E-state index contributed by atoms with van der Waals surface area (Å²) >= 11 is 0. The van der Waals surface area contributed by atoms with E-state index in [1.54, 1.807) is 0 Å². The van der Waals surface area contributed by atoms with Crippen molar-refractivity contribution in [3.8, 4) is 11.4 Å². The molecule has 0 saturated heterocycles. The molecule has 5 heteroatoms. The van der Waals surface area contributed by atoms with Crippen molar-refractivity contribution in [3.05, 3.63) is 23.8 Å². The van der Waals surface area contributed by atoms with Crippen LogP contribution in [0.4, 0.5) is 5.69 Å². The largest absolute Gasteiger partial charge is 0.398 e. The Bertz CT molecular complexity index is 559. The molecule has 0 unspecified atom stereocenters. The average molecular weight is 273 g/mol. The third-order valence-corrected chi connectivity index (χ3v) is 3.50. The van der Waals surface area contributed by atoms with Gasteiger partial charge in [-0.3, -0.25) is 0 Å². The number of para-hydroxylation sites is 1. The lowest BCUT2D eigenvalue weighted by molar-refractivity contribution is 0.487. The predicted molar refractivity (Wildman–Crippen MR) is 81.1 cm³/mol. The molecule has 0 radical (unpaired) electrons. The Morgan fingerprint density at radius 2 is 2.05 bits per heavy atom.